The molecule has 0 aromatic heterocycles. The molecule has 0 fully saturated rings. The number of aliphatic hydroxyl groups is 1. The van der Waals surface area contributed by atoms with Gasteiger partial charge in [-0.25, -0.2) is 0 Å². The maximum Gasteiger partial charge on any atom is 0.314 e. The average molecular weight is 1010 g/mol. The highest BCUT2D eigenvalue weighted by molar-refractivity contribution is 5.78. The number of unbranched alkanes of at least 4 members (excludes halogenated alkanes) is 34. The summed E-state index contributed by atoms with van der Waals surface area (Å²) in [4.78, 5) is 64.5. The van der Waals surface area contributed by atoms with Gasteiger partial charge in [-0.05, 0) is 44.9 Å². The minimum absolute atomic E-state index is 0.000739. The van der Waals surface area contributed by atoms with Crippen LogP contribution in [-0.2, 0) is 33.4 Å². The Morgan fingerprint density at radius 3 is 1.20 bits per heavy atom. The highest BCUT2D eigenvalue weighted by Gasteiger charge is 2.23. The van der Waals surface area contributed by atoms with Gasteiger partial charge in [0.25, 0.3) is 0 Å². The monoisotopic (exact) mass is 1000 g/mol. The first kappa shape index (κ1) is 68.0. The molecule has 11 heteroatoms. The van der Waals surface area contributed by atoms with Gasteiger partial charge in [0.2, 0.25) is 11.8 Å². The predicted octanol–water partition coefficient (Wildman–Crippen LogP) is 16.4. The van der Waals surface area contributed by atoms with Gasteiger partial charge in [0.15, 0.2) is 0 Å². The van der Waals surface area contributed by atoms with Gasteiger partial charge in [-0.2, -0.15) is 0 Å². The summed E-state index contributed by atoms with van der Waals surface area (Å²) in [6, 6.07) is -0.726. The molecule has 3 unspecified atom stereocenters. The van der Waals surface area contributed by atoms with E-state index in [1.807, 2.05) is 0 Å². The van der Waals surface area contributed by atoms with Crippen molar-refractivity contribution in [3.63, 3.8) is 0 Å². The minimum atomic E-state index is -1.30. The first-order valence-electron chi connectivity index (χ1n) is 30.1. The summed E-state index contributed by atoms with van der Waals surface area (Å²) in [5, 5.41) is 26.8. The third kappa shape index (κ3) is 47.8. The normalized spacial score (nSPS) is 12.9. The van der Waals surface area contributed by atoms with Gasteiger partial charge >= 0.3 is 17.9 Å². The molecule has 0 saturated carbocycles. The van der Waals surface area contributed by atoms with Gasteiger partial charge in [0.05, 0.1) is 24.6 Å². The van der Waals surface area contributed by atoms with Crippen molar-refractivity contribution in [1.29, 1.82) is 0 Å². The van der Waals surface area contributed by atoms with Gasteiger partial charge in [-0.3, -0.25) is 24.0 Å². The zero-order valence-electron chi connectivity index (χ0n) is 46.6. The van der Waals surface area contributed by atoms with E-state index in [9.17, 15) is 34.2 Å². The summed E-state index contributed by atoms with van der Waals surface area (Å²) in [7, 11) is 0. The lowest BCUT2D eigenvalue weighted by Gasteiger charge is -2.21. The number of amides is 2. The highest BCUT2D eigenvalue weighted by atomic mass is 16.6. The quantitative estimate of drug-likeness (QED) is 0.0263. The van der Waals surface area contributed by atoms with E-state index >= 15 is 0 Å². The summed E-state index contributed by atoms with van der Waals surface area (Å²) in [6.45, 7) is 8.87. The maximum absolute atomic E-state index is 13.4. The lowest BCUT2D eigenvalue weighted by Crippen LogP contribution is -2.38. The van der Waals surface area contributed by atoms with Crippen molar-refractivity contribution in [2.24, 2.45) is 0 Å². The summed E-state index contributed by atoms with van der Waals surface area (Å²) in [5.41, 5.74) is -0.000739. The van der Waals surface area contributed by atoms with E-state index in [2.05, 4.69) is 38.3 Å². The van der Waals surface area contributed by atoms with Gasteiger partial charge in [0, 0.05) is 25.3 Å². The van der Waals surface area contributed by atoms with Crippen LogP contribution in [0.2, 0.25) is 0 Å². The number of carboxylic acid groups (broad SMARTS) is 1. The largest absolute Gasteiger partial charge is 0.481 e. The fourth-order valence-corrected chi connectivity index (χ4v) is 9.28. The summed E-state index contributed by atoms with van der Waals surface area (Å²) >= 11 is 0. The number of aliphatic hydroxyl groups excluding tert-OH is 1. The van der Waals surface area contributed by atoms with E-state index in [1.165, 1.54) is 148 Å². The number of nitrogens with one attached hydrogen (secondary N) is 2. The van der Waals surface area contributed by atoms with E-state index in [0.717, 1.165) is 96.2 Å². The zero-order valence-corrected chi connectivity index (χ0v) is 46.6. The molecule has 0 aliphatic heterocycles. The number of carbonyl (C=O) groups is 5. The molecule has 0 aromatic rings. The van der Waals surface area contributed by atoms with E-state index in [4.69, 9.17) is 9.47 Å². The SMILES string of the molecule is CCCCCCCCCCCCCC(=O)N/C(=C\OC(=O)CC(CCCCCCCCCCC)OC(=O)CCCCCCCCC)C(O)CCC(CC(=O)O)NC(=O)CCCCCCCCCCCCC. The van der Waals surface area contributed by atoms with E-state index in [0.29, 0.717) is 25.7 Å². The van der Waals surface area contributed by atoms with Gasteiger partial charge < -0.3 is 30.3 Å². The van der Waals surface area contributed by atoms with Gasteiger partial charge in [-0.1, -0.05) is 246 Å². The molecule has 0 radical (unpaired) electrons. The fraction of sp³-hybridized carbons (Fsp3) is 0.883. The Labute approximate surface area is 435 Å². The van der Waals surface area contributed by atoms with E-state index in [1.54, 1.807) is 0 Å². The van der Waals surface area contributed by atoms with Crippen LogP contribution in [-0.4, -0.2) is 58.2 Å². The molecule has 0 aromatic carbocycles. The van der Waals surface area contributed by atoms with Crippen LogP contribution in [0, 0.1) is 0 Å². The van der Waals surface area contributed by atoms with Crippen LogP contribution < -0.4 is 10.6 Å². The number of carboxylic acids is 1. The Kier molecular flexibility index (Phi) is 49.8. The molecule has 0 rings (SSSR count). The number of carbonyl (C=O) groups excluding carboxylic acids is 4. The Morgan fingerprint density at radius 2 is 0.789 bits per heavy atom. The Morgan fingerprint density at radius 1 is 0.423 bits per heavy atom. The van der Waals surface area contributed by atoms with E-state index < -0.39 is 30.2 Å². The number of hydrogen-bond acceptors (Lipinski definition) is 8. The lowest BCUT2D eigenvalue weighted by molar-refractivity contribution is -0.154. The standard InChI is InChI=1S/C60H112N2O9/c1-5-9-13-17-21-24-26-29-33-36-40-44-56(64)61-52(49-58(66)67)47-48-55(63)54(62-57(65)45-41-37-34-30-27-25-22-18-14-10-6-2)51-70-60(69)50-53(43-39-35-32-28-23-19-15-11-7-3)71-59(68)46-42-38-31-20-16-12-8-4/h51-53,55,63H,5-50H2,1-4H3,(H,61,64)(H,62,65)(H,66,67)/b54-51-. The van der Waals surface area contributed by atoms with Crippen LogP contribution in [0.15, 0.2) is 12.0 Å². The van der Waals surface area contributed by atoms with Crippen LogP contribution in [0.5, 0.6) is 0 Å². The Hall–Kier alpha value is -2.95. The van der Waals surface area contributed by atoms with Crippen molar-refractivity contribution in [2.75, 3.05) is 0 Å². The Bertz CT molecular complexity index is 1310. The molecular formula is C60H112N2O9. The number of hydrogen-bond donors (Lipinski definition) is 4. The van der Waals surface area contributed by atoms with Crippen molar-refractivity contribution < 1.29 is 43.7 Å². The molecule has 416 valence electrons. The number of esters is 2. The van der Waals surface area contributed by atoms with Gasteiger partial charge in [0.1, 0.15) is 12.4 Å². The molecule has 2 amide bonds. The first-order valence-corrected chi connectivity index (χ1v) is 30.1. The second-order valence-electron chi connectivity index (χ2n) is 20.9. The second kappa shape index (κ2) is 51.9. The molecule has 71 heavy (non-hydrogen) atoms. The first-order chi connectivity index (χ1) is 34.6. The second-order valence-corrected chi connectivity index (χ2v) is 20.9. The van der Waals surface area contributed by atoms with Crippen molar-refractivity contribution in [3.8, 4) is 0 Å². The molecule has 0 spiro atoms. The molecule has 0 heterocycles. The summed E-state index contributed by atoms with van der Waals surface area (Å²) in [5.74, 6) is -2.55. The molecule has 0 aliphatic carbocycles. The fourth-order valence-electron chi connectivity index (χ4n) is 9.28. The van der Waals surface area contributed by atoms with Crippen LogP contribution in [0.1, 0.15) is 323 Å². The maximum atomic E-state index is 13.4. The highest BCUT2D eigenvalue weighted by Crippen LogP contribution is 2.19. The third-order valence-electron chi connectivity index (χ3n) is 13.9. The summed E-state index contributed by atoms with van der Waals surface area (Å²) < 4.78 is 11.5. The predicted molar refractivity (Wildman–Crippen MR) is 293 cm³/mol. The topological polar surface area (TPSA) is 168 Å². The number of aliphatic carboxylic acids is 1. The molecule has 4 N–H and O–H groups in total. The Balaban J connectivity index is 5.63. The molecule has 3 atom stereocenters. The molecule has 0 saturated heterocycles. The average Bonchev–Trinajstić information content (AvgIpc) is 3.34. The third-order valence-corrected chi connectivity index (χ3v) is 13.9. The minimum Gasteiger partial charge on any atom is -0.481 e. The lowest BCUT2D eigenvalue weighted by atomic mass is 10.0. The van der Waals surface area contributed by atoms with Crippen LogP contribution in [0.4, 0.5) is 0 Å². The van der Waals surface area contributed by atoms with Crippen LogP contribution in [0.3, 0.4) is 0 Å². The van der Waals surface area contributed by atoms with Crippen molar-refractivity contribution in [1.82, 2.24) is 10.6 Å². The van der Waals surface area contributed by atoms with Crippen molar-refractivity contribution >= 4 is 29.7 Å². The van der Waals surface area contributed by atoms with Crippen molar-refractivity contribution in [2.45, 2.75) is 341 Å². The smallest absolute Gasteiger partial charge is 0.314 e. The van der Waals surface area contributed by atoms with Crippen LogP contribution >= 0.6 is 0 Å². The van der Waals surface area contributed by atoms with Crippen LogP contribution in [0.25, 0.3) is 0 Å². The molecular weight excluding hydrogens is 893 g/mol. The number of ether oxygens (including phenoxy) is 2. The number of rotatable bonds is 54. The molecule has 0 bridgehead atoms. The zero-order chi connectivity index (χ0) is 52.3. The van der Waals surface area contributed by atoms with Gasteiger partial charge in [-0.15, -0.1) is 0 Å². The molecule has 11 nitrogen and oxygen atoms in total. The van der Waals surface area contributed by atoms with E-state index in [-0.39, 0.29) is 55.6 Å². The summed E-state index contributed by atoms with van der Waals surface area (Å²) in [6.07, 6.45) is 43.6. The van der Waals surface area contributed by atoms with Crippen molar-refractivity contribution in [3.05, 3.63) is 12.0 Å². The molecule has 0 aliphatic rings.